The lowest BCUT2D eigenvalue weighted by molar-refractivity contribution is -0.128. The van der Waals surface area contributed by atoms with Crippen molar-refractivity contribution in [2.75, 3.05) is 67.6 Å². The van der Waals surface area contributed by atoms with E-state index in [0.29, 0.717) is 13.1 Å². The second-order valence-corrected chi connectivity index (χ2v) is 11.2. The third-order valence-electron chi connectivity index (χ3n) is 6.81. The fourth-order valence-electron chi connectivity index (χ4n) is 4.01. The van der Waals surface area contributed by atoms with Crippen LogP contribution in [0.1, 0.15) is 69.9 Å². The predicted molar refractivity (Wildman–Crippen MR) is 178 cm³/mol. The Morgan fingerprint density at radius 2 is 1.05 bits per heavy atom. The number of unbranched alkanes of at least 4 members (excludes halogenated alkanes) is 5. The van der Waals surface area contributed by atoms with Crippen molar-refractivity contribution in [3.8, 4) is 11.5 Å². The Morgan fingerprint density at radius 1 is 0.628 bits per heavy atom. The molecule has 0 atom stereocenters. The van der Waals surface area contributed by atoms with E-state index in [2.05, 4.69) is 48.7 Å². The van der Waals surface area contributed by atoms with Gasteiger partial charge in [0, 0.05) is 28.2 Å². The van der Waals surface area contributed by atoms with Crippen molar-refractivity contribution in [3.63, 3.8) is 0 Å². The van der Waals surface area contributed by atoms with Gasteiger partial charge in [0.25, 0.3) is 0 Å². The molecule has 0 heterocycles. The molecule has 0 aromatic heterocycles. The fraction of sp³-hybridized carbons (Fsp3) is 0.600. The Morgan fingerprint density at radius 3 is 1.47 bits per heavy atom. The van der Waals surface area contributed by atoms with Crippen LogP contribution in [-0.2, 0) is 22.4 Å². The molecule has 242 valence electrons. The highest BCUT2D eigenvalue weighted by Gasteiger charge is 2.04. The molecule has 0 fully saturated rings. The van der Waals surface area contributed by atoms with E-state index in [1.165, 1.54) is 43.2 Å². The van der Waals surface area contributed by atoms with Gasteiger partial charge in [-0.3, -0.25) is 9.59 Å². The lowest BCUT2D eigenvalue weighted by Gasteiger charge is -2.11. The summed E-state index contributed by atoms with van der Waals surface area (Å²) in [5.74, 6) is 2.08. The third-order valence-corrected chi connectivity index (χ3v) is 6.81. The first-order chi connectivity index (χ1) is 20.8. The van der Waals surface area contributed by atoms with Gasteiger partial charge in [-0.05, 0) is 74.2 Å². The Bertz CT molecular complexity index is 1010. The van der Waals surface area contributed by atoms with Gasteiger partial charge in [-0.25, -0.2) is 0 Å². The largest absolute Gasteiger partial charge is 0.494 e. The summed E-state index contributed by atoms with van der Waals surface area (Å²) in [4.78, 5) is 26.1. The van der Waals surface area contributed by atoms with Crippen LogP contribution < -0.4 is 20.1 Å². The number of ether oxygens (including phenoxy) is 2. The fourth-order valence-corrected chi connectivity index (χ4v) is 4.01. The molecule has 0 unspecified atom stereocenters. The minimum atomic E-state index is 0.100. The van der Waals surface area contributed by atoms with Gasteiger partial charge in [0.2, 0.25) is 11.8 Å². The summed E-state index contributed by atoms with van der Waals surface area (Å²) in [5, 5.41) is 6.33. The number of nitrogens with zero attached hydrogens (tertiary/aromatic N) is 2. The molecule has 0 spiro atoms. The number of amides is 2. The Kier molecular flexibility index (Phi) is 21.5. The number of hydrogen-bond donors (Lipinski definition) is 2. The van der Waals surface area contributed by atoms with Crippen molar-refractivity contribution in [3.05, 3.63) is 59.7 Å². The molecule has 8 heteroatoms. The summed E-state index contributed by atoms with van der Waals surface area (Å²) in [6, 6.07) is 16.4. The van der Waals surface area contributed by atoms with Crippen LogP contribution in [0, 0.1) is 0 Å². The summed E-state index contributed by atoms with van der Waals surface area (Å²) in [6.07, 6.45) is 10.2. The van der Waals surface area contributed by atoms with Crippen LogP contribution in [0.5, 0.6) is 11.5 Å². The summed E-state index contributed by atoms with van der Waals surface area (Å²) in [6.45, 7) is 8.34. The average Bonchev–Trinajstić information content (AvgIpc) is 3.00. The monoisotopic (exact) mass is 598 g/mol. The van der Waals surface area contributed by atoms with Gasteiger partial charge in [-0.2, -0.15) is 0 Å². The zero-order chi connectivity index (χ0) is 31.7. The van der Waals surface area contributed by atoms with Gasteiger partial charge in [0.05, 0.1) is 26.3 Å². The SMILES string of the molecule is CCCCCCOc1cccc(CCNCC(=O)N(C)C)c1.CCCCCOc1cccc(CCNCC(=O)N(C)C)c1. The van der Waals surface area contributed by atoms with E-state index in [1.54, 1.807) is 38.0 Å². The van der Waals surface area contributed by atoms with Crippen molar-refractivity contribution in [2.45, 2.75) is 71.6 Å². The van der Waals surface area contributed by atoms with Crippen LogP contribution in [0.25, 0.3) is 0 Å². The third kappa shape index (κ3) is 19.7. The van der Waals surface area contributed by atoms with Crippen molar-refractivity contribution >= 4 is 11.8 Å². The smallest absolute Gasteiger partial charge is 0.236 e. The molecule has 2 N–H and O–H groups in total. The Hall–Kier alpha value is -3.10. The van der Waals surface area contributed by atoms with Crippen LogP contribution in [0.2, 0.25) is 0 Å². The van der Waals surface area contributed by atoms with Gasteiger partial charge in [0.15, 0.2) is 0 Å². The maximum atomic E-state index is 11.4. The summed E-state index contributed by atoms with van der Waals surface area (Å²) in [7, 11) is 7.07. The van der Waals surface area contributed by atoms with Crippen molar-refractivity contribution in [1.82, 2.24) is 20.4 Å². The van der Waals surface area contributed by atoms with E-state index in [-0.39, 0.29) is 11.8 Å². The molecule has 2 rings (SSSR count). The predicted octanol–water partition coefficient (Wildman–Crippen LogP) is 5.34. The lowest BCUT2D eigenvalue weighted by Crippen LogP contribution is -2.33. The second kappa shape index (κ2) is 24.4. The second-order valence-electron chi connectivity index (χ2n) is 11.2. The zero-order valence-electron chi connectivity index (χ0n) is 27.8. The summed E-state index contributed by atoms with van der Waals surface area (Å²) >= 11 is 0. The first-order valence-electron chi connectivity index (χ1n) is 16.0. The minimum Gasteiger partial charge on any atom is -0.494 e. The molecule has 43 heavy (non-hydrogen) atoms. The number of benzene rings is 2. The van der Waals surface area contributed by atoms with Crippen LogP contribution >= 0.6 is 0 Å². The number of carbonyl (C=O) groups is 2. The van der Waals surface area contributed by atoms with E-state index in [1.807, 2.05) is 24.3 Å². The van der Waals surface area contributed by atoms with Gasteiger partial charge in [-0.1, -0.05) is 70.2 Å². The molecule has 2 aromatic rings. The molecule has 8 nitrogen and oxygen atoms in total. The van der Waals surface area contributed by atoms with Crippen molar-refractivity contribution in [2.24, 2.45) is 0 Å². The highest BCUT2D eigenvalue weighted by atomic mass is 16.5. The first-order valence-corrected chi connectivity index (χ1v) is 16.0. The Labute approximate surface area is 261 Å². The maximum Gasteiger partial charge on any atom is 0.236 e. The van der Waals surface area contributed by atoms with Crippen LogP contribution in [-0.4, -0.2) is 89.2 Å². The quantitative estimate of drug-likeness (QED) is 0.189. The molecule has 0 radical (unpaired) electrons. The van der Waals surface area contributed by atoms with Gasteiger partial charge in [0.1, 0.15) is 11.5 Å². The first kappa shape index (κ1) is 37.9. The van der Waals surface area contributed by atoms with E-state index >= 15 is 0 Å². The molecule has 0 bridgehead atoms. The average molecular weight is 599 g/mol. The van der Waals surface area contributed by atoms with Crippen LogP contribution in [0.15, 0.2) is 48.5 Å². The zero-order valence-corrected chi connectivity index (χ0v) is 27.8. The molecular weight excluding hydrogens is 540 g/mol. The lowest BCUT2D eigenvalue weighted by atomic mass is 10.1. The number of nitrogens with one attached hydrogen (secondary N) is 2. The van der Waals surface area contributed by atoms with Crippen molar-refractivity contribution < 1.29 is 19.1 Å². The summed E-state index contributed by atoms with van der Waals surface area (Å²) in [5.41, 5.74) is 2.46. The highest BCUT2D eigenvalue weighted by molar-refractivity contribution is 5.77. The number of hydrogen-bond acceptors (Lipinski definition) is 6. The molecular formula is C35H58N4O4. The minimum absolute atomic E-state index is 0.100. The standard InChI is InChI=1S/C18H30N2O2.C17H28N2O2/c1-4-5-6-7-13-22-17-10-8-9-16(14-17)11-12-19-15-18(21)20(2)3;1-4-5-6-12-21-16-9-7-8-15(13-16)10-11-18-14-17(20)19(2)3/h8-10,14,19H,4-7,11-13,15H2,1-3H3;7-9,13,18H,4-6,10-12,14H2,1-3H3. The van der Waals surface area contributed by atoms with Crippen molar-refractivity contribution in [1.29, 1.82) is 0 Å². The number of likely N-dealkylation sites (N-methyl/N-ethyl adjacent to an activating group) is 2. The van der Waals surface area contributed by atoms with Gasteiger partial charge < -0.3 is 29.9 Å². The number of carbonyl (C=O) groups excluding carboxylic acids is 2. The molecule has 0 aliphatic heterocycles. The van der Waals surface area contributed by atoms with E-state index < -0.39 is 0 Å². The van der Waals surface area contributed by atoms with E-state index in [0.717, 1.165) is 63.5 Å². The highest BCUT2D eigenvalue weighted by Crippen LogP contribution is 2.15. The normalized spacial score (nSPS) is 10.5. The molecule has 0 aliphatic carbocycles. The molecule has 0 saturated heterocycles. The molecule has 2 aromatic carbocycles. The van der Waals surface area contributed by atoms with Gasteiger partial charge in [-0.15, -0.1) is 0 Å². The summed E-state index contributed by atoms with van der Waals surface area (Å²) < 4.78 is 11.5. The number of rotatable bonds is 21. The molecule has 2 amide bonds. The van der Waals surface area contributed by atoms with Gasteiger partial charge >= 0.3 is 0 Å². The van der Waals surface area contributed by atoms with Crippen LogP contribution in [0.4, 0.5) is 0 Å². The van der Waals surface area contributed by atoms with Crippen LogP contribution in [0.3, 0.4) is 0 Å². The molecule has 0 saturated carbocycles. The topological polar surface area (TPSA) is 83.1 Å². The maximum absolute atomic E-state index is 11.4. The molecule has 0 aliphatic rings. The van der Waals surface area contributed by atoms with E-state index in [4.69, 9.17) is 9.47 Å². The Balaban J connectivity index is 0.000000430. The van der Waals surface area contributed by atoms with E-state index in [9.17, 15) is 9.59 Å².